The molecule has 0 fully saturated rings. The van der Waals surface area contributed by atoms with Gasteiger partial charge in [0.1, 0.15) is 0 Å². The second-order valence-electron chi connectivity index (χ2n) is 12.4. The fraction of sp³-hybridized carbons (Fsp3) is 0.0714. The molecule has 0 N–H and O–H groups in total. The predicted molar refractivity (Wildman–Crippen MR) is 195 cm³/mol. The van der Waals surface area contributed by atoms with Gasteiger partial charge in [-0.2, -0.15) is 0 Å². The monoisotopic (exact) mass is 618 g/mol. The Bertz CT molecular complexity index is 2450. The highest BCUT2D eigenvalue weighted by atomic mass is 15.1. The molecule has 48 heavy (non-hydrogen) atoms. The number of hydrogen-bond acceptors (Lipinski definition) is 3. The zero-order valence-corrected chi connectivity index (χ0v) is 26.2. The summed E-state index contributed by atoms with van der Waals surface area (Å²) in [6.07, 6.45) is 5.67. The van der Waals surface area contributed by atoms with Crippen molar-refractivity contribution in [3.8, 4) is 0 Å². The van der Waals surface area contributed by atoms with E-state index < -0.39 is 0 Å². The second kappa shape index (κ2) is 10.6. The molecule has 0 amide bonds. The van der Waals surface area contributed by atoms with Crippen LogP contribution >= 0.6 is 0 Å². The van der Waals surface area contributed by atoms with Gasteiger partial charge in [0.2, 0.25) is 0 Å². The summed E-state index contributed by atoms with van der Waals surface area (Å²) in [6.45, 7) is 1.98. The molecular formula is C42H30N6. The van der Waals surface area contributed by atoms with Crippen LogP contribution in [0.5, 0.6) is 0 Å². The zero-order valence-electron chi connectivity index (χ0n) is 26.2. The topological polar surface area (TPSA) is 53.5 Å². The Balaban J connectivity index is 1.48. The number of benzene rings is 4. The minimum absolute atomic E-state index is 0.658. The Morgan fingerprint density at radius 2 is 0.625 bits per heavy atom. The van der Waals surface area contributed by atoms with Crippen LogP contribution in [0.4, 0.5) is 0 Å². The van der Waals surface area contributed by atoms with Crippen molar-refractivity contribution in [1.29, 1.82) is 0 Å². The maximum absolute atomic E-state index is 4.79. The Labute approximate surface area is 276 Å². The van der Waals surface area contributed by atoms with Crippen LogP contribution in [0.15, 0.2) is 146 Å². The first kappa shape index (κ1) is 26.9. The molecule has 0 bridgehead atoms. The standard InChI is InChI=1S/C42H30N6/c1-4-19-34-31(16-1)37-40(46(34)25-28-13-7-10-22-43-28)38-33-18-3-6-21-36(33)48(27-30-15-9-12-24-45-30)42(38)39-32-17-2-5-20-35(32)47(41(37)39)26-29-14-8-11-23-44-29/h1-24H,25-27H2. The molecule has 6 heterocycles. The van der Waals surface area contributed by atoms with Crippen molar-refractivity contribution >= 4 is 65.4 Å². The molecule has 0 radical (unpaired) electrons. The highest BCUT2D eigenvalue weighted by molar-refractivity contribution is 6.39. The molecule has 0 atom stereocenters. The molecule has 4 aromatic carbocycles. The molecule has 0 spiro atoms. The third-order valence-electron chi connectivity index (χ3n) is 9.76. The molecule has 0 aliphatic rings. The molecule has 10 rings (SSSR count). The lowest BCUT2D eigenvalue weighted by molar-refractivity contribution is 0.829. The third-order valence-corrected chi connectivity index (χ3v) is 9.76. The molecule has 0 saturated carbocycles. The van der Waals surface area contributed by atoms with E-state index in [1.807, 2.05) is 36.8 Å². The minimum Gasteiger partial charge on any atom is -0.334 e. The van der Waals surface area contributed by atoms with E-state index >= 15 is 0 Å². The Kier molecular flexibility index (Phi) is 5.96. The third kappa shape index (κ3) is 3.96. The molecule has 228 valence electrons. The van der Waals surface area contributed by atoms with E-state index in [9.17, 15) is 0 Å². The first-order chi connectivity index (χ1) is 23.8. The predicted octanol–water partition coefficient (Wildman–Crippen LogP) is 9.34. The normalized spacial score (nSPS) is 12.0. The van der Waals surface area contributed by atoms with Gasteiger partial charge >= 0.3 is 0 Å². The number of fused-ring (bicyclic) bond motifs is 12. The highest BCUT2D eigenvalue weighted by Gasteiger charge is 2.27. The van der Waals surface area contributed by atoms with Crippen LogP contribution in [0.25, 0.3) is 65.4 Å². The summed E-state index contributed by atoms with van der Waals surface area (Å²) in [6, 6.07) is 45.1. The lowest BCUT2D eigenvalue weighted by atomic mass is 10.0. The lowest BCUT2D eigenvalue weighted by Gasteiger charge is -2.13. The minimum atomic E-state index is 0.658. The number of para-hydroxylation sites is 3. The average molecular weight is 619 g/mol. The van der Waals surface area contributed by atoms with Crippen LogP contribution in [0.2, 0.25) is 0 Å². The summed E-state index contributed by atoms with van der Waals surface area (Å²) in [5.74, 6) is 0. The summed E-state index contributed by atoms with van der Waals surface area (Å²) in [5, 5.41) is 7.50. The van der Waals surface area contributed by atoms with Gasteiger partial charge in [0.15, 0.2) is 0 Å². The van der Waals surface area contributed by atoms with Gasteiger partial charge in [-0.05, 0) is 54.6 Å². The van der Waals surface area contributed by atoms with E-state index in [0.29, 0.717) is 19.6 Å². The van der Waals surface area contributed by atoms with Crippen molar-refractivity contribution in [2.75, 3.05) is 0 Å². The van der Waals surface area contributed by atoms with Gasteiger partial charge in [-0.15, -0.1) is 0 Å². The fourth-order valence-electron chi connectivity index (χ4n) is 7.86. The molecule has 6 nitrogen and oxygen atoms in total. The van der Waals surface area contributed by atoms with Crippen molar-refractivity contribution in [2.24, 2.45) is 0 Å². The van der Waals surface area contributed by atoms with Gasteiger partial charge < -0.3 is 13.7 Å². The molecule has 0 saturated heterocycles. The number of pyridine rings is 3. The van der Waals surface area contributed by atoms with Crippen LogP contribution in [0, 0.1) is 0 Å². The van der Waals surface area contributed by atoms with Crippen molar-refractivity contribution in [1.82, 2.24) is 28.7 Å². The second-order valence-corrected chi connectivity index (χ2v) is 12.4. The maximum atomic E-state index is 4.79. The quantitative estimate of drug-likeness (QED) is 0.187. The van der Waals surface area contributed by atoms with Gasteiger partial charge in [-0.25, -0.2) is 0 Å². The molecule has 0 aliphatic carbocycles. The van der Waals surface area contributed by atoms with Crippen molar-refractivity contribution in [3.63, 3.8) is 0 Å². The molecule has 10 aromatic rings. The summed E-state index contributed by atoms with van der Waals surface area (Å²) in [7, 11) is 0. The first-order valence-corrected chi connectivity index (χ1v) is 16.4. The summed E-state index contributed by atoms with van der Waals surface area (Å²) in [5.41, 5.74) is 10.4. The lowest BCUT2D eigenvalue weighted by Crippen LogP contribution is -2.04. The molecule has 0 unspecified atom stereocenters. The van der Waals surface area contributed by atoms with Crippen LogP contribution < -0.4 is 0 Å². The number of nitrogens with zero attached hydrogens (tertiary/aromatic N) is 6. The first-order valence-electron chi connectivity index (χ1n) is 16.4. The fourth-order valence-corrected chi connectivity index (χ4v) is 7.86. The van der Waals surface area contributed by atoms with Crippen molar-refractivity contribution in [3.05, 3.63) is 163 Å². The van der Waals surface area contributed by atoms with Gasteiger partial charge in [-0.1, -0.05) is 72.8 Å². The van der Waals surface area contributed by atoms with E-state index in [-0.39, 0.29) is 0 Å². The van der Waals surface area contributed by atoms with Gasteiger partial charge in [-0.3, -0.25) is 15.0 Å². The molecule has 6 heteroatoms. The molecular weight excluding hydrogens is 589 g/mol. The Morgan fingerprint density at radius 1 is 0.333 bits per heavy atom. The summed E-state index contributed by atoms with van der Waals surface area (Å²) < 4.78 is 7.49. The van der Waals surface area contributed by atoms with Gasteiger partial charge in [0.05, 0.1) is 53.3 Å². The maximum Gasteiger partial charge on any atom is 0.0654 e. The van der Waals surface area contributed by atoms with Crippen LogP contribution in [0.1, 0.15) is 17.1 Å². The van der Waals surface area contributed by atoms with Gasteiger partial charge in [0.25, 0.3) is 0 Å². The Hall–Kier alpha value is -6.27. The largest absolute Gasteiger partial charge is 0.334 e. The van der Waals surface area contributed by atoms with Crippen molar-refractivity contribution in [2.45, 2.75) is 19.6 Å². The van der Waals surface area contributed by atoms with E-state index in [1.165, 1.54) is 65.4 Å². The number of aromatic nitrogens is 6. The van der Waals surface area contributed by atoms with Crippen LogP contribution in [-0.4, -0.2) is 28.7 Å². The Morgan fingerprint density at radius 3 is 0.917 bits per heavy atom. The molecule has 6 aromatic heterocycles. The SMILES string of the molecule is c1ccc(Cn2c3ccccc3c3c2c2c4ccccc4n(Cc4ccccn4)c2c2c4ccccc4n(Cc4ccccn4)c32)nc1. The van der Waals surface area contributed by atoms with E-state index in [1.54, 1.807) is 0 Å². The van der Waals surface area contributed by atoms with Crippen LogP contribution in [-0.2, 0) is 19.6 Å². The van der Waals surface area contributed by atoms with E-state index in [0.717, 1.165) is 17.1 Å². The van der Waals surface area contributed by atoms with E-state index in [4.69, 9.17) is 15.0 Å². The zero-order chi connectivity index (χ0) is 31.6. The molecule has 0 aliphatic heterocycles. The summed E-state index contributed by atoms with van der Waals surface area (Å²) >= 11 is 0. The number of rotatable bonds is 6. The van der Waals surface area contributed by atoms with Crippen LogP contribution in [0.3, 0.4) is 0 Å². The number of hydrogen-bond donors (Lipinski definition) is 0. The average Bonchev–Trinajstić information content (AvgIpc) is 3.76. The smallest absolute Gasteiger partial charge is 0.0654 e. The van der Waals surface area contributed by atoms with E-state index in [2.05, 4.69) is 123 Å². The summed E-state index contributed by atoms with van der Waals surface area (Å²) in [4.78, 5) is 14.4. The van der Waals surface area contributed by atoms with Crippen molar-refractivity contribution < 1.29 is 0 Å². The highest BCUT2D eigenvalue weighted by Crippen LogP contribution is 2.48. The van der Waals surface area contributed by atoms with Gasteiger partial charge in [0, 0.05) is 67.5 Å².